The Labute approximate surface area is 176 Å². The summed E-state index contributed by atoms with van der Waals surface area (Å²) in [5.74, 6) is 0. The van der Waals surface area contributed by atoms with Crippen molar-refractivity contribution in [3.05, 3.63) is 61.8 Å². The van der Waals surface area contributed by atoms with E-state index < -0.39 is 22.6 Å². The fraction of sp³-hybridized carbons (Fsp3) is 0.571. The Morgan fingerprint density at radius 2 is 1.35 bits per heavy atom. The van der Waals surface area contributed by atoms with Gasteiger partial charge in [0.05, 0.1) is 62.5 Å². The highest BCUT2D eigenvalue weighted by Crippen LogP contribution is 2.43. The number of para-hydroxylation sites is 1. The molecule has 4 aliphatic rings. The highest BCUT2D eigenvalue weighted by molar-refractivity contribution is 5.30. The normalized spacial score (nSPS) is 29.9. The predicted molar refractivity (Wildman–Crippen MR) is 107 cm³/mol. The number of nitrogens with zero attached hydrogens (tertiary/aromatic N) is 3. The van der Waals surface area contributed by atoms with Crippen molar-refractivity contribution < 1.29 is 18.9 Å². The molecular weight excluding hydrogens is 406 g/mol. The molecule has 6 rings (SSSR count). The van der Waals surface area contributed by atoms with Gasteiger partial charge in [0.1, 0.15) is 6.10 Å². The van der Waals surface area contributed by atoms with E-state index in [1.807, 2.05) is 0 Å². The van der Waals surface area contributed by atoms with Crippen LogP contribution in [0.15, 0.2) is 44.7 Å². The monoisotopic (exact) mass is 429 g/mol. The molecule has 5 heterocycles. The van der Waals surface area contributed by atoms with Crippen LogP contribution in [0, 0.1) is 0 Å². The Morgan fingerprint density at radius 1 is 0.774 bits per heavy atom. The summed E-state index contributed by atoms with van der Waals surface area (Å²) >= 11 is 0. The Balaban J connectivity index is 1.61. The van der Waals surface area contributed by atoms with Gasteiger partial charge in [0, 0.05) is 12.8 Å². The third kappa shape index (κ3) is 3.49. The number of hydrogen-bond acceptors (Lipinski definition) is 7. The van der Waals surface area contributed by atoms with Crippen molar-refractivity contribution in [2.75, 3.05) is 26.4 Å². The van der Waals surface area contributed by atoms with Gasteiger partial charge in [-0.25, -0.2) is 28.1 Å². The first-order valence-corrected chi connectivity index (χ1v) is 10.6. The average Bonchev–Trinajstić information content (AvgIpc) is 3.59. The third-order valence-electron chi connectivity index (χ3n) is 6.37. The van der Waals surface area contributed by atoms with Gasteiger partial charge in [-0.3, -0.25) is 0 Å². The molecule has 4 unspecified atom stereocenters. The molecule has 4 aliphatic heterocycles. The second kappa shape index (κ2) is 6.99. The van der Waals surface area contributed by atoms with E-state index in [0.717, 1.165) is 9.13 Å². The van der Waals surface area contributed by atoms with Gasteiger partial charge in [-0.1, -0.05) is 18.2 Å². The summed E-state index contributed by atoms with van der Waals surface area (Å²) < 4.78 is 25.3. The molecular formula is C21H23N3O7. The van der Waals surface area contributed by atoms with Crippen molar-refractivity contribution in [1.82, 2.24) is 13.7 Å². The molecule has 10 heteroatoms. The quantitative estimate of drug-likeness (QED) is 0.481. The van der Waals surface area contributed by atoms with E-state index in [1.165, 1.54) is 4.57 Å². The third-order valence-corrected chi connectivity index (χ3v) is 6.37. The Kier molecular flexibility index (Phi) is 4.32. The first-order chi connectivity index (χ1) is 15.1. The number of rotatable bonds is 9. The lowest BCUT2D eigenvalue weighted by Gasteiger charge is -2.33. The van der Waals surface area contributed by atoms with E-state index in [0.29, 0.717) is 45.0 Å². The molecule has 0 saturated carbocycles. The summed E-state index contributed by atoms with van der Waals surface area (Å²) in [5, 5.41) is 0. The summed E-state index contributed by atoms with van der Waals surface area (Å²) in [6, 6.07) is 8.66. The smallest absolute Gasteiger partial charge is 0.341 e. The summed E-state index contributed by atoms with van der Waals surface area (Å²) in [5.41, 5.74) is -2.48. The lowest BCUT2D eigenvalue weighted by atomic mass is 9.84. The van der Waals surface area contributed by atoms with E-state index in [1.54, 1.807) is 30.3 Å². The van der Waals surface area contributed by atoms with E-state index in [-0.39, 0.29) is 31.0 Å². The molecule has 0 aliphatic carbocycles. The average molecular weight is 429 g/mol. The fourth-order valence-corrected chi connectivity index (χ4v) is 4.49. The van der Waals surface area contributed by atoms with Crippen LogP contribution in [0.2, 0.25) is 0 Å². The van der Waals surface area contributed by atoms with Crippen LogP contribution in [-0.2, 0) is 31.0 Å². The first kappa shape index (κ1) is 19.2. The molecule has 0 bridgehead atoms. The second-order valence-corrected chi connectivity index (χ2v) is 8.66. The Bertz CT molecular complexity index is 1150. The minimum Gasteiger partial charge on any atom is -0.373 e. The maximum Gasteiger partial charge on any atom is 0.341 e. The summed E-state index contributed by atoms with van der Waals surface area (Å²) in [7, 11) is 0. The molecule has 0 amide bonds. The van der Waals surface area contributed by atoms with E-state index in [9.17, 15) is 14.4 Å². The van der Waals surface area contributed by atoms with Gasteiger partial charge in [0.25, 0.3) is 0 Å². The SMILES string of the molecule is O=c1n(CC2CO2)c(=O)n(C(CC2CO2)(CC2CO2)C2CO2)c(=O)n1-c1ccccc1. The molecule has 1 aromatic heterocycles. The number of benzene rings is 1. The summed E-state index contributed by atoms with van der Waals surface area (Å²) in [6.07, 6.45) is 0.307. The zero-order valence-electron chi connectivity index (χ0n) is 16.8. The highest BCUT2D eigenvalue weighted by Gasteiger charge is 2.56. The summed E-state index contributed by atoms with van der Waals surface area (Å²) in [4.78, 5) is 40.7. The van der Waals surface area contributed by atoms with Crippen LogP contribution in [0.1, 0.15) is 12.8 Å². The number of ether oxygens (including phenoxy) is 4. The van der Waals surface area contributed by atoms with Crippen LogP contribution in [0.4, 0.5) is 0 Å². The molecule has 0 N–H and O–H groups in total. The molecule has 0 spiro atoms. The van der Waals surface area contributed by atoms with E-state index in [2.05, 4.69) is 0 Å². The molecule has 4 fully saturated rings. The fourth-order valence-electron chi connectivity index (χ4n) is 4.49. The van der Waals surface area contributed by atoms with Gasteiger partial charge >= 0.3 is 17.1 Å². The molecule has 1 aromatic carbocycles. The Morgan fingerprint density at radius 3 is 1.87 bits per heavy atom. The second-order valence-electron chi connectivity index (χ2n) is 8.66. The minimum atomic E-state index is -0.938. The molecule has 4 saturated heterocycles. The molecule has 164 valence electrons. The topological polar surface area (TPSA) is 116 Å². The standard InChI is InChI=1S/C21H23N3O7/c25-18-22(8-16-11-30-16)19(26)24(20(27)23(18)13-4-2-1-3-5-13)21(17-12-31-17,6-14-9-28-14)7-15-10-29-15/h1-5,14-17H,6-12H2. The van der Waals surface area contributed by atoms with Crippen LogP contribution < -0.4 is 17.1 Å². The van der Waals surface area contributed by atoms with Crippen molar-refractivity contribution in [3.63, 3.8) is 0 Å². The van der Waals surface area contributed by atoms with Crippen molar-refractivity contribution in [2.24, 2.45) is 0 Å². The van der Waals surface area contributed by atoms with Gasteiger partial charge in [0.15, 0.2) is 0 Å². The molecule has 2 aromatic rings. The number of epoxide rings is 4. The number of aromatic nitrogens is 3. The van der Waals surface area contributed by atoms with E-state index in [4.69, 9.17) is 18.9 Å². The highest BCUT2D eigenvalue weighted by atomic mass is 16.6. The maximum absolute atomic E-state index is 13.8. The predicted octanol–water partition coefficient (Wildman–Crippen LogP) is -0.768. The van der Waals surface area contributed by atoms with Gasteiger partial charge < -0.3 is 18.9 Å². The Hall–Kier alpha value is -2.53. The van der Waals surface area contributed by atoms with Crippen molar-refractivity contribution >= 4 is 0 Å². The van der Waals surface area contributed by atoms with Crippen LogP contribution in [0.25, 0.3) is 5.69 Å². The van der Waals surface area contributed by atoms with Crippen LogP contribution >= 0.6 is 0 Å². The van der Waals surface area contributed by atoms with Crippen LogP contribution in [0.5, 0.6) is 0 Å². The minimum absolute atomic E-state index is 0.0495. The maximum atomic E-state index is 13.8. The van der Waals surface area contributed by atoms with Gasteiger partial charge in [-0.15, -0.1) is 0 Å². The zero-order chi connectivity index (χ0) is 21.2. The van der Waals surface area contributed by atoms with Gasteiger partial charge in [-0.2, -0.15) is 0 Å². The molecule has 31 heavy (non-hydrogen) atoms. The largest absolute Gasteiger partial charge is 0.373 e. The van der Waals surface area contributed by atoms with Crippen LogP contribution in [0.3, 0.4) is 0 Å². The van der Waals surface area contributed by atoms with Crippen molar-refractivity contribution in [1.29, 1.82) is 0 Å². The summed E-state index contributed by atoms with van der Waals surface area (Å²) in [6.45, 7) is 2.20. The molecule has 0 radical (unpaired) electrons. The van der Waals surface area contributed by atoms with Crippen molar-refractivity contribution in [3.8, 4) is 5.69 Å². The van der Waals surface area contributed by atoms with E-state index >= 15 is 0 Å². The molecule has 10 nitrogen and oxygen atoms in total. The zero-order valence-corrected chi connectivity index (χ0v) is 16.8. The van der Waals surface area contributed by atoms with Gasteiger partial charge in [0.2, 0.25) is 0 Å². The first-order valence-electron chi connectivity index (χ1n) is 10.6. The van der Waals surface area contributed by atoms with Crippen LogP contribution in [-0.4, -0.2) is 64.5 Å². The lowest BCUT2D eigenvalue weighted by Crippen LogP contribution is -2.62. The van der Waals surface area contributed by atoms with Crippen molar-refractivity contribution in [2.45, 2.75) is 49.3 Å². The van der Waals surface area contributed by atoms with Gasteiger partial charge in [-0.05, 0) is 12.1 Å². The lowest BCUT2D eigenvalue weighted by molar-refractivity contribution is 0.123. The molecule has 4 atom stereocenters. The number of hydrogen-bond donors (Lipinski definition) is 0.